The smallest absolute Gasteiger partial charge is 0.294 e. The Bertz CT molecular complexity index is 1060. The summed E-state index contributed by atoms with van der Waals surface area (Å²) in [6.45, 7) is 0. The Morgan fingerprint density at radius 3 is 2.03 bits per heavy atom. The lowest BCUT2D eigenvalue weighted by Crippen LogP contribution is -2.24. The topological polar surface area (TPSA) is 75.0 Å². The Labute approximate surface area is 167 Å². The van der Waals surface area contributed by atoms with Crippen molar-refractivity contribution in [1.29, 1.82) is 5.26 Å². The maximum atomic E-state index is 13.2. The van der Waals surface area contributed by atoms with E-state index in [2.05, 4.69) is 0 Å². The molecule has 2 atom stereocenters. The minimum absolute atomic E-state index is 0.0837. The second-order valence-electron chi connectivity index (χ2n) is 6.33. The Morgan fingerprint density at radius 1 is 1.03 bits per heavy atom. The third-order valence-electron chi connectivity index (χ3n) is 4.47. The van der Waals surface area contributed by atoms with Gasteiger partial charge in [-0.2, -0.15) is 31.6 Å². The first kappa shape index (κ1) is 21.7. The zero-order valence-electron chi connectivity index (χ0n) is 14.6. The molecule has 30 heavy (non-hydrogen) atoms. The van der Waals surface area contributed by atoms with Crippen molar-refractivity contribution in [3.05, 3.63) is 64.2 Å². The fourth-order valence-electron chi connectivity index (χ4n) is 3.09. The standard InChI is InChI=1S/C19H9F6NO3S/c20-18(21,22)12-5-9(6-13(11(12)8-26)19(23,24)25)14(27)7-16-17(28)10-3-1-2-4-15(10)30(16)29/h1-6,16H,7H2. The number of fused-ring (bicyclic) bond motifs is 1. The predicted octanol–water partition coefficient (Wildman–Crippen LogP) is 4.54. The molecule has 4 nitrogen and oxygen atoms in total. The minimum Gasteiger partial charge on any atom is -0.294 e. The fourth-order valence-corrected chi connectivity index (χ4v) is 4.62. The van der Waals surface area contributed by atoms with Crippen LogP contribution in [0.1, 0.15) is 43.8 Å². The van der Waals surface area contributed by atoms with E-state index in [1.54, 1.807) is 0 Å². The van der Waals surface area contributed by atoms with E-state index in [-0.39, 0.29) is 22.6 Å². The maximum absolute atomic E-state index is 13.2. The van der Waals surface area contributed by atoms with Crippen LogP contribution in [0.5, 0.6) is 0 Å². The largest absolute Gasteiger partial charge is 0.417 e. The molecule has 0 saturated heterocycles. The van der Waals surface area contributed by atoms with E-state index < -0.39 is 68.6 Å². The second kappa shape index (κ2) is 7.36. The molecule has 11 heteroatoms. The summed E-state index contributed by atoms with van der Waals surface area (Å²) in [7, 11) is -1.98. The summed E-state index contributed by atoms with van der Waals surface area (Å²) in [6.07, 6.45) is -11.5. The van der Waals surface area contributed by atoms with Crippen molar-refractivity contribution in [2.75, 3.05) is 0 Å². The van der Waals surface area contributed by atoms with Crippen molar-refractivity contribution in [3.8, 4) is 6.07 Å². The van der Waals surface area contributed by atoms with E-state index in [1.165, 1.54) is 24.3 Å². The third kappa shape index (κ3) is 3.75. The number of rotatable bonds is 3. The van der Waals surface area contributed by atoms with Crippen LogP contribution in [0.2, 0.25) is 0 Å². The molecule has 2 aromatic carbocycles. The van der Waals surface area contributed by atoms with Crippen molar-refractivity contribution >= 4 is 22.4 Å². The monoisotopic (exact) mass is 445 g/mol. The lowest BCUT2D eigenvalue weighted by atomic mass is 9.93. The summed E-state index contributed by atoms with van der Waals surface area (Å²) < 4.78 is 91.8. The lowest BCUT2D eigenvalue weighted by molar-refractivity contribution is -0.143. The van der Waals surface area contributed by atoms with Crippen molar-refractivity contribution in [3.63, 3.8) is 0 Å². The molecule has 0 aromatic heterocycles. The average molecular weight is 445 g/mol. The highest BCUT2D eigenvalue weighted by Gasteiger charge is 2.43. The Hall–Kier alpha value is -3.00. The van der Waals surface area contributed by atoms with Crippen molar-refractivity contribution in [1.82, 2.24) is 0 Å². The molecule has 0 N–H and O–H groups in total. The molecule has 0 fully saturated rings. The predicted molar refractivity (Wildman–Crippen MR) is 91.1 cm³/mol. The highest BCUT2D eigenvalue weighted by molar-refractivity contribution is 7.87. The molecule has 1 aliphatic rings. The number of nitrogens with zero attached hydrogens (tertiary/aromatic N) is 1. The molecule has 0 spiro atoms. The van der Waals surface area contributed by atoms with E-state index in [4.69, 9.17) is 5.26 Å². The zero-order chi connectivity index (χ0) is 22.4. The van der Waals surface area contributed by atoms with E-state index in [0.29, 0.717) is 0 Å². The molecule has 0 bridgehead atoms. The summed E-state index contributed by atoms with van der Waals surface area (Å²) in [6, 6.07) is 6.92. The van der Waals surface area contributed by atoms with Gasteiger partial charge in [-0.05, 0) is 18.2 Å². The van der Waals surface area contributed by atoms with Gasteiger partial charge in [0.15, 0.2) is 11.6 Å². The number of hydrogen-bond acceptors (Lipinski definition) is 4. The van der Waals surface area contributed by atoms with Crippen LogP contribution >= 0.6 is 0 Å². The van der Waals surface area contributed by atoms with Gasteiger partial charge in [-0.15, -0.1) is 0 Å². The minimum atomic E-state index is -5.33. The summed E-state index contributed by atoms with van der Waals surface area (Å²) in [5, 5.41) is 7.41. The molecular formula is C19H9F6NO3S. The summed E-state index contributed by atoms with van der Waals surface area (Å²) in [5.74, 6) is -1.91. The Balaban J connectivity index is 2.04. The molecule has 0 saturated carbocycles. The molecule has 3 rings (SSSR count). The van der Waals surface area contributed by atoms with Gasteiger partial charge in [0, 0.05) is 17.5 Å². The van der Waals surface area contributed by atoms with Crippen LogP contribution in [-0.4, -0.2) is 21.0 Å². The van der Waals surface area contributed by atoms with E-state index in [0.717, 1.165) is 6.07 Å². The van der Waals surface area contributed by atoms with Crippen LogP contribution in [0.15, 0.2) is 41.3 Å². The SMILES string of the molecule is N#Cc1c(C(F)(F)F)cc(C(=O)CC2C(=O)c3ccccc3S2=O)cc1C(F)(F)F. The van der Waals surface area contributed by atoms with Crippen LogP contribution in [0.3, 0.4) is 0 Å². The number of carbonyl (C=O) groups excluding carboxylic acids is 2. The number of nitriles is 1. The Kier molecular flexibility index (Phi) is 5.32. The molecule has 2 aromatic rings. The average Bonchev–Trinajstić information content (AvgIpc) is 2.90. The van der Waals surface area contributed by atoms with Gasteiger partial charge >= 0.3 is 12.4 Å². The van der Waals surface area contributed by atoms with Crippen LogP contribution in [0.25, 0.3) is 0 Å². The molecule has 2 unspecified atom stereocenters. The van der Waals surface area contributed by atoms with Crippen molar-refractivity contribution in [2.24, 2.45) is 0 Å². The van der Waals surface area contributed by atoms with E-state index in [1.807, 2.05) is 0 Å². The second-order valence-corrected chi connectivity index (χ2v) is 7.93. The number of hydrogen-bond donors (Lipinski definition) is 0. The number of ketones is 2. The van der Waals surface area contributed by atoms with Crippen LogP contribution in [-0.2, 0) is 23.2 Å². The van der Waals surface area contributed by atoms with Gasteiger partial charge in [0.25, 0.3) is 0 Å². The van der Waals surface area contributed by atoms with E-state index in [9.17, 15) is 40.1 Å². The van der Waals surface area contributed by atoms with Gasteiger partial charge in [0.1, 0.15) is 11.3 Å². The highest BCUT2D eigenvalue weighted by atomic mass is 32.2. The van der Waals surface area contributed by atoms with E-state index >= 15 is 0 Å². The number of carbonyl (C=O) groups is 2. The van der Waals surface area contributed by atoms with Gasteiger partial charge in [-0.25, -0.2) is 0 Å². The first-order chi connectivity index (χ1) is 13.9. The number of benzene rings is 2. The van der Waals surface area contributed by atoms with Gasteiger partial charge in [0.05, 0.1) is 32.4 Å². The highest BCUT2D eigenvalue weighted by Crippen LogP contribution is 2.40. The number of halogens is 6. The molecule has 1 aliphatic heterocycles. The quantitative estimate of drug-likeness (QED) is 0.514. The maximum Gasteiger partial charge on any atom is 0.417 e. The third-order valence-corrected chi connectivity index (χ3v) is 6.16. The van der Waals surface area contributed by atoms with Crippen molar-refractivity contribution < 1.29 is 40.1 Å². The summed E-state index contributed by atoms with van der Waals surface area (Å²) in [5.41, 5.74) is -6.37. The van der Waals surface area contributed by atoms with Gasteiger partial charge in [-0.1, -0.05) is 18.2 Å². The fraction of sp³-hybridized carbons (Fsp3) is 0.211. The van der Waals surface area contributed by atoms with Crippen LogP contribution < -0.4 is 0 Å². The van der Waals surface area contributed by atoms with Gasteiger partial charge < -0.3 is 0 Å². The van der Waals surface area contributed by atoms with Gasteiger partial charge in [0.2, 0.25) is 0 Å². The first-order valence-corrected chi connectivity index (χ1v) is 9.37. The molecule has 156 valence electrons. The molecule has 0 radical (unpaired) electrons. The number of Topliss-reactive ketones (excluding diaryl/α,β-unsaturated/α-hetero) is 2. The molecule has 0 aliphatic carbocycles. The first-order valence-electron chi connectivity index (χ1n) is 8.15. The van der Waals surface area contributed by atoms with Crippen LogP contribution in [0.4, 0.5) is 26.3 Å². The lowest BCUT2D eigenvalue weighted by Gasteiger charge is -2.17. The summed E-state index contributed by atoms with van der Waals surface area (Å²) in [4.78, 5) is 25.0. The van der Waals surface area contributed by atoms with Gasteiger partial charge in [-0.3, -0.25) is 13.8 Å². The summed E-state index contributed by atoms with van der Waals surface area (Å²) >= 11 is 0. The zero-order valence-corrected chi connectivity index (χ0v) is 15.4. The molecule has 0 amide bonds. The molecular weight excluding hydrogens is 436 g/mol. The number of alkyl halides is 6. The van der Waals surface area contributed by atoms with Crippen molar-refractivity contribution in [2.45, 2.75) is 28.9 Å². The molecule has 1 heterocycles. The van der Waals surface area contributed by atoms with Crippen LogP contribution in [0, 0.1) is 11.3 Å². The normalized spacial score (nSPS) is 18.8. The Morgan fingerprint density at radius 2 is 1.57 bits per heavy atom.